The molecule has 1 aromatic heterocycles. The number of carbonyl (C=O) groups excluding carboxylic acids is 2. The number of hydrogen-bond donors (Lipinski definition) is 2. The monoisotopic (exact) mass is 392 g/mol. The topological polar surface area (TPSA) is 125 Å². The van der Waals surface area contributed by atoms with E-state index in [0.717, 1.165) is 24.1 Å². The first kappa shape index (κ1) is 20.3. The van der Waals surface area contributed by atoms with Crippen molar-refractivity contribution in [2.45, 2.75) is 45.7 Å². The van der Waals surface area contributed by atoms with Gasteiger partial charge in [-0.25, -0.2) is 9.97 Å². The van der Waals surface area contributed by atoms with Gasteiger partial charge in [-0.1, -0.05) is 13.3 Å². The smallest absolute Gasteiger partial charge is 0.248 e. The normalized spacial score (nSPS) is 20.5. The van der Waals surface area contributed by atoms with Crippen LogP contribution in [0.5, 0.6) is 0 Å². The Balaban J connectivity index is 2.12. The summed E-state index contributed by atoms with van der Waals surface area (Å²) in [7, 11) is 0. The molecular formula is C21H24N6O2. The number of primary amides is 1. The van der Waals surface area contributed by atoms with E-state index in [0.29, 0.717) is 11.4 Å². The van der Waals surface area contributed by atoms with Crippen molar-refractivity contribution in [2.75, 3.05) is 10.2 Å². The third-order valence-corrected chi connectivity index (χ3v) is 5.39. The number of rotatable bonds is 5. The predicted molar refractivity (Wildman–Crippen MR) is 109 cm³/mol. The Morgan fingerprint density at radius 1 is 1.31 bits per heavy atom. The van der Waals surface area contributed by atoms with Gasteiger partial charge >= 0.3 is 0 Å². The van der Waals surface area contributed by atoms with E-state index in [4.69, 9.17) is 11.0 Å². The molecule has 0 saturated carbocycles. The van der Waals surface area contributed by atoms with Crippen LogP contribution in [-0.2, 0) is 4.79 Å². The van der Waals surface area contributed by atoms with Crippen LogP contribution in [0.25, 0.3) is 0 Å². The van der Waals surface area contributed by atoms with Crippen LogP contribution < -0.4 is 16.0 Å². The van der Waals surface area contributed by atoms with Crippen LogP contribution in [0.4, 0.5) is 11.5 Å². The third kappa shape index (κ3) is 3.90. The average molecular weight is 392 g/mol. The van der Waals surface area contributed by atoms with Gasteiger partial charge in [0.25, 0.3) is 0 Å². The Morgan fingerprint density at radius 3 is 2.62 bits per heavy atom. The largest absolute Gasteiger partial charge is 0.366 e. The molecule has 2 heterocycles. The fourth-order valence-electron chi connectivity index (χ4n) is 4.10. The van der Waals surface area contributed by atoms with Crippen LogP contribution in [0.15, 0.2) is 30.6 Å². The van der Waals surface area contributed by atoms with Gasteiger partial charge in [-0.15, -0.1) is 0 Å². The minimum atomic E-state index is -0.523. The van der Waals surface area contributed by atoms with Crippen molar-refractivity contribution in [1.29, 1.82) is 5.26 Å². The van der Waals surface area contributed by atoms with Crippen LogP contribution >= 0.6 is 0 Å². The second-order valence-electron chi connectivity index (χ2n) is 7.24. The van der Waals surface area contributed by atoms with Gasteiger partial charge < -0.3 is 16.0 Å². The van der Waals surface area contributed by atoms with Gasteiger partial charge in [0.2, 0.25) is 11.8 Å². The van der Waals surface area contributed by atoms with Crippen LogP contribution in [0.3, 0.4) is 0 Å². The molecule has 1 aliphatic heterocycles. The van der Waals surface area contributed by atoms with Crippen molar-refractivity contribution in [3.05, 3.63) is 47.4 Å². The highest BCUT2D eigenvalue weighted by molar-refractivity contribution is 5.97. The zero-order valence-electron chi connectivity index (χ0n) is 16.7. The zero-order valence-corrected chi connectivity index (χ0v) is 16.7. The molecule has 8 heteroatoms. The Kier molecular flexibility index (Phi) is 5.78. The summed E-state index contributed by atoms with van der Waals surface area (Å²) in [6.07, 6.45) is 4.72. The lowest BCUT2D eigenvalue weighted by atomic mass is 9.78. The molecule has 3 rings (SSSR count). The molecule has 3 atom stereocenters. The number of fused-ring (bicyclic) bond motifs is 1. The summed E-state index contributed by atoms with van der Waals surface area (Å²) in [5.41, 5.74) is 7.69. The maximum Gasteiger partial charge on any atom is 0.248 e. The number of nitriles is 1. The number of carbonyl (C=O) groups is 2. The summed E-state index contributed by atoms with van der Waals surface area (Å²) in [4.78, 5) is 34.3. The standard InChI is InChI=1S/C21H24N6O2/c1-4-5-16-12(2)27(13(3)28)18-7-6-14(21(23)29)8-17(18)20(16)26-19-11-24-15(9-22)10-25-19/h6-8,10-12,16,20H,4-5H2,1-3H3,(H2,23,29)(H,25,26). The highest BCUT2D eigenvalue weighted by Gasteiger charge is 2.40. The summed E-state index contributed by atoms with van der Waals surface area (Å²) >= 11 is 0. The number of hydrogen-bond acceptors (Lipinski definition) is 6. The molecule has 1 aromatic carbocycles. The molecule has 8 nitrogen and oxygen atoms in total. The molecule has 3 N–H and O–H groups in total. The van der Waals surface area contributed by atoms with E-state index < -0.39 is 5.91 Å². The molecule has 2 amide bonds. The van der Waals surface area contributed by atoms with Crippen molar-refractivity contribution < 1.29 is 9.59 Å². The van der Waals surface area contributed by atoms with Gasteiger partial charge in [-0.2, -0.15) is 5.26 Å². The van der Waals surface area contributed by atoms with Crippen molar-refractivity contribution in [2.24, 2.45) is 11.7 Å². The molecule has 2 aromatic rings. The molecule has 3 unspecified atom stereocenters. The summed E-state index contributed by atoms with van der Waals surface area (Å²) in [5, 5.41) is 12.3. The van der Waals surface area contributed by atoms with Gasteiger partial charge in [-0.3, -0.25) is 9.59 Å². The first-order valence-electron chi connectivity index (χ1n) is 9.59. The Morgan fingerprint density at radius 2 is 2.07 bits per heavy atom. The third-order valence-electron chi connectivity index (χ3n) is 5.39. The van der Waals surface area contributed by atoms with Gasteiger partial charge in [-0.05, 0) is 37.1 Å². The molecule has 0 bridgehead atoms. The van der Waals surface area contributed by atoms with Crippen molar-refractivity contribution >= 4 is 23.3 Å². The first-order chi connectivity index (χ1) is 13.9. The minimum absolute atomic E-state index is 0.0525. The quantitative estimate of drug-likeness (QED) is 0.806. The van der Waals surface area contributed by atoms with E-state index in [-0.39, 0.29) is 29.6 Å². The van der Waals surface area contributed by atoms with E-state index in [1.54, 1.807) is 30.0 Å². The number of aromatic nitrogens is 2. The van der Waals surface area contributed by atoms with Crippen molar-refractivity contribution in [3.63, 3.8) is 0 Å². The number of amides is 2. The summed E-state index contributed by atoms with van der Waals surface area (Å²) < 4.78 is 0. The minimum Gasteiger partial charge on any atom is -0.366 e. The number of nitrogens with one attached hydrogen (secondary N) is 1. The maximum absolute atomic E-state index is 12.4. The summed E-state index contributed by atoms with van der Waals surface area (Å²) in [6, 6.07) is 6.86. The predicted octanol–water partition coefficient (Wildman–Crippen LogP) is 2.77. The molecule has 150 valence electrons. The van der Waals surface area contributed by atoms with Crippen molar-refractivity contribution in [3.8, 4) is 6.07 Å². The van der Waals surface area contributed by atoms with Crippen LogP contribution in [-0.4, -0.2) is 27.8 Å². The number of nitrogens with two attached hydrogens (primary N) is 1. The van der Waals surface area contributed by atoms with Crippen molar-refractivity contribution in [1.82, 2.24) is 9.97 Å². The molecule has 0 aliphatic carbocycles. The fraction of sp³-hybridized carbons (Fsp3) is 0.381. The zero-order chi connectivity index (χ0) is 21.1. The second-order valence-corrected chi connectivity index (χ2v) is 7.24. The van der Waals surface area contributed by atoms with Gasteiger partial charge in [0, 0.05) is 30.1 Å². The Hall–Kier alpha value is -3.47. The molecule has 0 spiro atoms. The van der Waals surface area contributed by atoms with Crippen LogP contribution in [0.2, 0.25) is 0 Å². The molecule has 29 heavy (non-hydrogen) atoms. The van der Waals surface area contributed by atoms with E-state index in [1.807, 2.05) is 13.0 Å². The lowest BCUT2D eigenvalue weighted by Crippen LogP contribution is -2.49. The number of benzene rings is 1. The van der Waals surface area contributed by atoms with Crippen LogP contribution in [0.1, 0.15) is 61.3 Å². The van der Waals surface area contributed by atoms with Crippen LogP contribution in [0, 0.1) is 17.2 Å². The number of anilines is 2. The van der Waals surface area contributed by atoms with E-state index in [9.17, 15) is 9.59 Å². The first-order valence-corrected chi connectivity index (χ1v) is 9.59. The van der Waals surface area contributed by atoms with E-state index in [1.165, 1.54) is 12.4 Å². The van der Waals surface area contributed by atoms with Gasteiger partial charge in [0.05, 0.1) is 18.4 Å². The summed E-state index contributed by atoms with van der Waals surface area (Å²) in [6.45, 7) is 5.68. The van der Waals surface area contributed by atoms with E-state index in [2.05, 4.69) is 22.2 Å². The Labute approximate surface area is 169 Å². The SMILES string of the molecule is CCCC1C(Nc2cnc(C#N)cn2)c2cc(C(N)=O)ccc2N(C(C)=O)C1C. The lowest BCUT2D eigenvalue weighted by Gasteiger charge is -2.45. The van der Waals surface area contributed by atoms with Gasteiger partial charge in [0.15, 0.2) is 5.69 Å². The lowest BCUT2D eigenvalue weighted by molar-refractivity contribution is -0.117. The highest BCUT2D eigenvalue weighted by atomic mass is 16.2. The molecule has 0 radical (unpaired) electrons. The molecule has 0 saturated heterocycles. The average Bonchev–Trinajstić information content (AvgIpc) is 2.70. The second kappa shape index (κ2) is 8.27. The number of nitrogens with zero attached hydrogens (tertiary/aromatic N) is 4. The molecular weight excluding hydrogens is 368 g/mol. The molecule has 1 aliphatic rings. The molecule has 0 fully saturated rings. The fourth-order valence-corrected chi connectivity index (χ4v) is 4.10. The highest BCUT2D eigenvalue weighted by Crippen LogP contribution is 2.44. The summed E-state index contributed by atoms with van der Waals surface area (Å²) in [5.74, 6) is 0.0269. The maximum atomic E-state index is 12.4. The van der Waals surface area contributed by atoms with Gasteiger partial charge in [0.1, 0.15) is 11.9 Å². The Bertz CT molecular complexity index is 966. The van der Waals surface area contributed by atoms with E-state index >= 15 is 0 Å².